The molecule has 2 aliphatic carbocycles. The fourth-order valence-electron chi connectivity index (χ4n) is 8.66. The molecule has 0 saturated heterocycles. The lowest BCUT2D eigenvalue weighted by Crippen LogP contribution is -2.47. The van der Waals surface area contributed by atoms with E-state index in [1.165, 1.54) is 15.9 Å². The number of hydrogen-bond donors (Lipinski definition) is 1. The lowest BCUT2D eigenvalue weighted by Gasteiger charge is -2.27. The lowest BCUT2D eigenvalue weighted by atomic mass is 9.87. The normalized spacial score (nSPS) is 18.1. The van der Waals surface area contributed by atoms with Crippen molar-refractivity contribution in [2.75, 3.05) is 38.7 Å². The number of nitrogens with one attached hydrogen (secondary N) is 1. The molecule has 4 aromatic carbocycles. The first kappa shape index (κ1) is 42.1. The molecular formula is C49H52ClN4O6Si. The zero-order valence-electron chi connectivity index (χ0n) is 35.7. The molecule has 6 aromatic rings. The van der Waals surface area contributed by atoms with E-state index in [-0.39, 0.29) is 35.2 Å². The van der Waals surface area contributed by atoms with Crippen molar-refractivity contribution in [3.63, 3.8) is 0 Å². The molecule has 2 fully saturated rings. The maximum Gasteiger partial charge on any atom is 0.283 e. The molecule has 0 aliphatic heterocycles. The standard InChI is InChI=1S/C49H52ClN4O6Si/c1-49(2,3)33-15-19-38(20-16-33)61(37-11-9-8-10-12-37)60-36-23-39-40(24-36)46(39)48(55)53-45-22-32-21-44(50)52-47(41(32)27-51-45)54(28-30-13-17-34(56-4)25-42(30)58-6)29-31-14-18-35(57-5)26-43(31)59-7/h8-22,25-27,36,39-40,46H,23-24,28-29H2,1-7H3,(H,51,53,55). The second kappa shape index (κ2) is 17.8. The number of ether oxygens (including phenoxy) is 4. The molecule has 1 N–H and O–H groups in total. The third-order valence-electron chi connectivity index (χ3n) is 12.0. The van der Waals surface area contributed by atoms with Crippen molar-refractivity contribution in [3.8, 4) is 23.0 Å². The Morgan fingerprint density at radius 3 is 1.92 bits per heavy atom. The number of anilines is 2. The van der Waals surface area contributed by atoms with Crippen LogP contribution < -0.4 is 39.5 Å². The number of pyridine rings is 2. The van der Waals surface area contributed by atoms with Crippen LogP contribution in [0.1, 0.15) is 50.3 Å². The first-order chi connectivity index (χ1) is 29.5. The molecule has 10 nitrogen and oxygen atoms in total. The minimum absolute atomic E-state index is 0.00753. The van der Waals surface area contributed by atoms with Gasteiger partial charge in [0.05, 0.1) is 28.4 Å². The van der Waals surface area contributed by atoms with Crippen LogP contribution in [0.15, 0.2) is 109 Å². The molecule has 61 heavy (non-hydrogen) atoms. The number of amides is 1. The zero-order chi connectivity index (χ0) is 42.8. The average molecular weight is 857 g/mol. The minimum Gasteiger partial charge on any atom is -0.497 e. The van der Waals surface area contributed by atoms with Crippen molar-refractivity contribution in [2.24, 2.45) is 17.8 Å². The summed E-state index contributed by atoms with van der Waals surface area (Å²) < 4.78 is 29.5. The predicted molar refractivity (Wildman–Crippen MR) is 243 cm³/mol. The van der Waals surface area contributed by atoms with Gasteiger partial charge in [0.15, 0.2) is 0 Å². The summed E-state index contributed by atoms with van der Waals surface area (Å²) in [6.07, 6.45) is 3.60. The topological polar surface area (TPSA) is 104 Å². The number of methoxy groups -OCH3 is 4. The first-order valence-electron chi connectivity index (χ1n) is 20.6. The molecule has 2 heterocycles. The molecule has 12 heteroatoms. The van der Waals surface area contributed by atoms with E-state index in [4.69, 9.17) is 44.9 Å². The van der Waals surface area contributed by atoms with Gasteiger partial charge in [-0.25, -0.2) is 9.97 Å². The molecule has 0 spiro atoms. The molecule has 8 rings (SSSR count). The van der Waals surface area contributed by atoms with E-state index in [0.717, 1.165) is 34.7 Å². The SMILES string of the molecule is COc1ccc(CN(Cc2ccc(OC)cc2OC)c2nc(Cl)cc3cc(NC(=O)C4C5CC(O[Si](c6ccccc6)c6ccc(C(C)(C)C)cc6)CC54)ncc23)c(OC)c1. The van der Waals surface area contributed by atoms with E-state index in [1.54, 1.807) is 40.7 Å². The van der Waals surface area contributed by atoms with Gasteiger partial charge in [0.25, 0.3) is 9.04 Å². The highest BCUT2D eigenvalue weighted by Gasteiger charge is 2.60. The Morgan fingerprint density at radius 1 is 0.770 bits per heavy atom. The van der Waals surface area contributed by atoms with Gasteiger partial charge < -0.3 is 33.6 Å². The first-order valence-corrected chi connectivity index (χ1v) is 22.4. The summed E-state index contributed by atoms with van der Waals surface area (Å²) in [6.45, 7) is 7.53. The van der Waals surface area contributed by atoms with Crippen molar-refractivity contribution >= 4 is 59.3 Å². The van der Waals surface area contributed by atoms with E-state index in [1.807, 2.05) is 48.5 Å². The molecule has 2 saturated carbocycles. The monoisotopic (exact) mass is 855 g/mol. The Hall–Kier alpha value is -5.62. The van der Waals surface area contributed by atoms with Crippen LogP contribution in [0.3, 0.4) is 0 Å². The van der Waals surface area contributed by atoms with Gasteiger partial charge in [-0.3, -0.25) is 4.79 Å². The molecule has 315 valence electrons. The number of halogens is 1. The summed E-state index contributed by atoms with van der Waals surface area (Å²) in [5, 5.41) is 7.48. The molecule has 0 bridgehead atoms. The quantitative estimate of drug-likeness (QED) is 0.0804. The van der Waals surface area contributed by atoms with Crippen LogP contribution in [-0.2, 0) is 27.7 Å². The van der Waals surface area contributed by atoms with Gasteiger partial charge in [-0.2, -0.15) is 0 Å². The van der Waals surface area contributed by atoms with E-state index < -0.39 is 9.04 Å². The maximum absolute atomic E-state index is 13.8. The van der Waals surface area contributed by atoms with Gasteiger partial charge in [-0.05, 0) is 87.8 Å². The van der Waals surface area contributed by atoms with E-state index in [9.17, 15) is 4.79 Å². The molecular weight excluding hydrogens is 804 g/mol. The largest absolute Gasteiger partial charge is 0.497 e. The van der Waals surface area contributed by atoms with Gasteiger partial charge in [-0.15, -0.1) is 0 Å². The van der Waals surface area contributed by atoms with Crippen LogP contribution in [0.4, 0.5) is 11.6 Å². The highest BCUT2D eigenvalue weighted by Crippen LogP contribution is 2.58. The molecule has 2 aromatic heterocycles. The number of benzene rings is 4. The van der Waals surface area contributed by atoms with Crippen molar-refractivity contribution in [3.05, 3.63) is 131 Å². The Bertz CT molecular complexity index is 2450. The van der Waals surface area contributed by atoms with Crippen molar-refractivity contribution in [2.45, 2.75) is 58.2 Å². The number of carbonyl (C=O) groups is 1. The van der Waals surface area contributed by atoms with Crippen LogP contribution >= 0.6 is 11.6 Å². The predicted octanol–water partition coefficient (Wildman–Crippen LogP) is 8.61. The van der Waals surface area contributed by atoms with Gasteiger partial charge in [0.1, 0.15) is 39.8 Å². The minimum atomic E-state index is -1.47. The second-order valence-corrected chi connectivity index (χ2v) is 19.3. The summed E-state index contributed by atoms with van der Waals surface area (Å²) in [7, 11) is 5.06. The fourth-order valence-corrected chi connectivity index (χ4v) is 11.0. The molecule has 1 amide bonds. The Balaban J connectivity index is 0.995. The summed E-state index contributed by atoms with van der Waals surface area (Å²) in [5.74, 6) is 4.31. The number of nitrogens with zero attached hydrogens (tertiary/aromatic N) is 3. The number of rotatable bonds is 15. The molecule has 1 radical (unpaired) electrons. The number of fused-ring (bicyclic) bond motifs is 2. The van der Waals surface area contributed by atoms with Crippen LogP contribution in [0.2, 0.25) is 5.15 Å². The van der Waals surface area contributed by atoms with Crippen LogP contribution in [0.5, 0.6) is 23.0 Å². The molecule has 2 unspecified atom stereocenters. The Morgan fingerprint density at radius 2 is 1.36 bits per heavy atom. The zero-order valence-corrected chi connectivity index (χ0v) is 37.5. The van der Waals surface area contributed by atoms with Gasteiger partial charge in [-0.1, -0.05) is 87.0 Å². The van der Waals surface area contributed by atoms with Gasteiger partial charge in [0, 0.05) is 60.0 Å². The smallest absolute Gasteiger partial charge is 0.283 e. The van der Waals surface area contributed by atoms with Crippen molar-refractivity contribution < 1.29 is 28.2 Å². The lowest BCUT2D eigenvalue weighted by molar-refractivity contribution is -0.118. The fraction of sp³-hybridized carbons (Fsp3) is 0.327. The number of carbonyl (C=O) groups excluding carboxylic acids is 1. The van der Waals surface area contributed by atoms with Gasteiger partial charge in [0.2, 0.25) is 5.91 Å². The summed E-state index contributed by atoms with van der Waals surface area (Å²) in [5.41, 5.74) is 3.22. The summed E-state index contributed by atoms with van der Waals surface area (Å²) in [4.78, 5) is 25.5. The van der Waals surface area contributed by atoms with Crippen LogP contribution in [0.25, 0.3) is 10.8 Å². The third kappa shape index (κ3) is 9.19. The maximum atomic E-state index is 13.8. The number of hydrogen-bond acceptors (Lipinski definition) is 9. The van der Waals surface area contributed by atoms with Crippen LogP contribution in [-0.4, -0.2) is 59.5 Å². The van der Waals surface area contributed by atoms with E-state index in [0.29, 0.717) is 52.9 Å². The molecule has 2 aliphatic rings. The van der Waals surface area contributed by atoms with E-state index >= 15 is 0 Å². The summed E-state index contributed by atoms with van der Waals surface area (Å²) in [6, 6.07) is 34.7. The van der Waals surface area contributed by atoms with Crippen molar-refractivity contribution in [1.82, 2.24) is 9.97 Å². The highest BCUT2D eigenvalue weighted by molar-refractivity contribution is 6.80. The second-order valence-electron chi connectivity index (χ2n) is 16.8. The van der Waals surface area contributed by atoms with Crippen molar-refractivity contribution in [1.29, 1.82) is 0 Å². The molecule has 2 atom stereocenters. The van der Waals surface area contributed by atoms with Gasteiger partial charge >= 0.3 is 0 Å². The summed E-state index contributed by atoms with van der Waals surface area (Å²) >= 11 is 6.77. The number of aromatic nitrogens is 2. The average Bonchev–Trinajstić information content (AvgIpc) is 3.78. The van der Waals surface area contributed by atoms with E-state index in [2.05, 4.69) is 79.5 Å². The van der Waals surface area contributed by atoms with Crippen LogP contribution in [0, 0.1) is 17.8 Å². The highest BCUT2D eigenvalue weighted by atomic mass is 35.5. The third-order valence-corrected chi connectivity index (χ3v) is 14.4. The Labute approximate surface area is 364 Å². The Kier molecular flexibility index (Phi) is 12.3.